The van der Waals surface area contributed by atoms with Crippen LogP contribution in [0.4, 0.5) is 0 Å². The number of hydrogen-bond donors (Lipinski definition) is 0. The molecule has 0 unspecified atom stereocenters. The molecule has 1 aliphatic heterocycles. The van der Waals surface area contributed by atoms with E-state index < -0.39 is 0 Å². The van der Waals surface area contributed by atoms with Crippen LogP contribution in [0, 0.1) is 11.8 Å². The van der Waals surface area contributed by atoms with Crippen molar-refractivity contribution in [2.45, 2.75) is 71.3 Å². The molecular weight excluding hydrogens is 194 g/mol. The summed E-state index contributed by atoms with van der Waals surface area (Å²) in [5.74, 6) is 2.04. The van der Waals surface area contributed by atoms with Crippen LogP contribution >= 0.6 is 0 Å². The van der Waals surface area contributed by atoms with E-state index in [1.54, 1.807) is 0 Å². The molecule has 94 valence electrons. The van der Waals surface area contributed by atoms with Gasteiger partial charge in [-0.05, 0) is 63.5 Å². The number of likely N-dealkylation sites (tertiary alicyclic amines) is 1. The summed E-state index contributed by atoms with van der Waals surface area (Å²) < 4.78 is 0. The van der Waals surface area contributed by atoms with Gasteiger partial charge < -0.3 is 4.90 Å². The van der Waals surface area contributed by atoms with Gasteiger partial charge in [0.25, 0.3) is 0 Å². The second-order valence-electron chi connectivity index (χ2n) is 6.18. The summed E-state index contributed by atoms with van der Waals surface area (Å²) in [5, 5.41) is 0. The lowest BCUT2D eigenvalue weighted by Crippen LogP contribution is -2.43. The Bertz CT molecular complexity index is 186. The second-order valence-corrected chi connectivity index (χ2v) is 6.18. The summed E-state index contributed by atoms with van der Waals surface area (Å²) in [7, 11) is 0. The average molecular weight is 223 g/mol. The van der Waals surface area contributed by atoms with Crippen LogP contribution in [0.2, 0.25) is 0 Å². The van der Waals surface area contributed by atoms with E-state index in [2.05, 4.69) is 18.7 Å². The van der Waals surface area contributed by atoms with E-state index in [1.165, 1.54) is 64.5 Å². The van der Waals surface area contributed by atoms with Crippen LogP contribution in [-0.4, -0.2) is 24.0 Å². The number of hydrogen-bond acceptors (Lipinski definition) is 1. The predicted molar refractivity (Wildman–Crippen MR) is 70.6 cm³/mol. The van der Waals surface area contributed by atoms with Gasteiger partial charge in [0.15, 0.2) is 0 Å². The average Bonchev–Trinajstić information content (AvgIpc) is 2.32. The van der Waals surface area contributed by atoms with E-state index in [1.807, 2.05) is 0 Å². The van der Waals surface area contributed by atoms with Gasteiger partial charge in [-0.1, -0.05) is 26.7 Å². The fourth-order valence-corrected chi connectivity index (χ4v) is 3.62. The first-order valence-corrected chi connectivity index (χ1v) is 7.53. The van der Waals surface area contributed by atoms with E-state index in [4.69, 9.17) is 0 Å². The Morgan fingerprint density at radius 1 is 0.938 bits per heavy atom. The van der Waals surface area contributed by atoms with Crippen LogP contribution < -0.4 is 0 Å². The normalized spacial score (nSPS) is 34.1. The standard InChI is InChI=1S/C15H29N/c1-3-4-14-9-11-16(12-10-14)15-7-5-13(2)6-8-15/h13-15H,3-12H2,1-2H3. The molecule has 1 heteroatoms. The molecule has 2 rings (SSSR count). The van der Waals surface area contributed by atoms with Crippen molar-refractivity contribution in [3.05, 3.63) is 0 Å². The van der Waals surface area contributed by atoms with Crippen molar-refractivity contribution in [1.29, 1.82) is 0 Å². The Kier molecular flexibility index (Phi) is 4.69. The molecule has 1 saturated heterocycles. The summed E-state index contributed by atoms with van der Waals surface area (Å²) in [6.07, 6.45) is 11.7. The maximum atomic E-state index is 2.80. The molecule has 0 bridgehead atoms. The van der Waals surface area contributed by atoms with E-state index in [0.29, 0.717) is 0 Å². The highest BCUT2D eigenvalue weighted by molar-refractivity contribution is 4.82. The van der Waals surface area contributed by atoms with Gasteiger partial charge in [-0.2, -0.15) is 0 Å². The van der Waals surface area contributed by atoms with Crippen molar-refractivity contribution in [2.75, 3.05) is 13.1 Å². The minimum atomic E-state index is 0.943. The molecule has 2 fully saturated rings. The van der Waals surface area contributed by atoms with Gasteiger partial charge in [0.05, 0.1) is 0 Å². The van der Waals surface area contributed by atoms with Gasteiger partial charge >= 0.3 is 0 Å². The molecule has 1 nitrogen and oxygen atoms in total. The first-order valence-electron chi connectivity index (χ1n) is 7.53. The third-order valence-electron chi connectivity index (χ3n) is 4.85. The molecule has 16 heavy (non-hydrogen) atoms. The Hall–Kier alpha value is -0.0400. The van der Waals surface area contributed by atoms with Gasteiger partial charge in [0.2, 0.25) is 0 Å². The predicted octanol–water partition coefficient (Wildman–Crippen LogP) is 4.08. The molecule has 0 aromatic carbocycles. The fourth-order valence-electron chi connectivity index (χ4n) is 3.62. The molecule has 0 amide bonds. The topological polar surface area (TPSA) is 3.24 Å². The zero-order valence-electron chi connectivity index (χ0n) is 11.3. The highest BCUT2D eigenvalue weighted by atomic mass is 15.2. The smallest absolute Gasteiger partial charge is 0.00954 e. The third-order valence-corrected chi connectivity index (χ3v) is 4.85. The molecule has 1 aliphatic carbocycles. The summed E-state index contributed by atoms with van der Waals surface area (Å²) in [4.78, 5) is 2.80. The Balaban J connectivity index is 1.72. The lowest BCUT2D eigenvalue weighted by Gasteiger charge is -2.40. The molecule has 1 saturated carbocycles. The SMILES string of the molecule is CCCC1CCN(C2CCC(C)CC2)CC1. The van der Waals surface area contributed by atoms with Crippen molar-refractivity contribution < 1.29 is 0 Å². The minimum absolute atomic E-state index is 0.943. The zero-order valence-corrected chi connectivity index (χ0v) is 11.3. The van der Waals surface area contributed by atoms with Crippen molar-refractivity contribution in [1.82, 2.24) is 4.90 Å². The Morgan fingerprint density at radius 2 is 1.56 bits per heavy atom. The first kappa shape index (κ1) is 12.4. The summed E-state index contributed by atoms with van der Waals surface area (Å²) in [6, 6.07) is 0.943. The summed E-state index contributed by atoms with van der Waals surface area (Å²) in [5.41, 5.74) is 0. The maximum absolute atomic E-state index is 2.80. The molecule has 2 aliphatic rings. The second kappa shape index (κ2) is 6.05. The third kappa shape index (κ3) is 3.23. The number of nitrogens with zero attached hydrogens (tertiary/aromatic N) is 1. The molecule has 0 aromatic rings. The highest BCUT2D eigenvalue weighted by Gasteiger charge is 2.27. The van der Waals surface area contributed by atoms with Crippen molar-refractivity contribution >= 4 is 0 Å². The molecule has 0 radical (unpaired) electrons. The number of piperidine rings is 1. The monoisotopic (exact) mass is 223 g/mol. The molecule has 0 spiro atoms. The lowest BCUT2D eigenvalue weighted by molar-refractivity contribution is 0.0944. The van der Waals surface area contributed by atoms with Gasteiger partial charge in [-0.25, -0.2) is 0 Å². The molecule has 0 aromatic heterocycles. The number of rotatable bonds is 3. The highest BCUT2D eigenvalue weighted by Crippen LogP contribution is 2.30. The van der Waals surface area contributed by atoms with Crippen LogP contribution in [0.15, 0.2) is 0 Å². The van der Waals surface area contributed by atoms with Crippen LogP contribution in [0.1, 0.15) is 65.2 Å². The molecule has 0 N–H and O–H groups in total. The van der Waals surface area contributed by atoms with E-state index >= 15 is 0 Å². The van der Waals surface area contributed by atoms with Gasteiger partial charge in [0, 0.05) is 6.04 Å². The van der Waals surface area contributed by atoms with Crippen molar-refractivity contribution in [3.8, 4) is 0 Å². The lowest BCUT2D eigenvalue weighted by atomic mass is 9.84. The van der Waals surface area contributed by atoms with Crippen molar-refractivity contribution in [2.24, 2.45) is 11.8 Å². The maximum Gasteiger partial charge on any atom is 0.00954 e. The largest absolute Gasteiger partial charge is 0.300 e. The molecular formula is C15H29N. The molecule has 1 heterocycles. The quantitative estimate of drug-likeness (QED) is 0.697. The minimum Gasteiger partial charge on any atom is -0.300 e. The van der Waals surface area contributed by atoms with Crippen LogP contribution in [0.25, 0.3) is 0 Å². The van der Waals surface area contributed by atoms with Crippen molar-refractivity contribution in [3.63, 3.8) is 0 Å². The van der Waals surface area contributed by atoms with E-state index in [-0.39, 0.29) is 0 Å². The van der Waals surface area contributed by atoms with Crippen LogP contribution in [0.5, 0.6) is 0 Å². The first-order chi connectivity index (χ1) is 7.79. The summed E-state index contributed by atoms with van der Waals surface area (Å²) >= 11 is 0. The Morgan fingerprint density at radius 3 is 2.12 bits per heavy atom. The van der Waals surface area contributed by atoms with Gasteiger partial charge in [0.1, 0.15) is 0 Å². The zero-order chi connectivity index (χ0) is 11.4. The van der Waals surface area contributed by atoms with Gasteiger partial charge in [-0.15, -0.1) is 0 Å². The van der Waals surface area contributed by atoms with Crippen LogP contribution in [0.3, 0.4) is 0 Å². The Labute approximate surface area is 102 Å². The molecule has 0 atom stereocenters. The summed E-state index contributed by atoms with van der Waals surface area (Å²) in [6.45, 7) is 7.53. The van der Waals surface area contributed by atoms with Gasteiger partial charge in [-0.3, -0.25) is 0 Å². The van der Waals surface area contributed by atoms with E-state index in [0.717, 1.165) is 17.9 Å². The fraction of sp³-hybridized carbons (Fsp3) is 1.00. The van der Waals surface area contributed by atoms with Crippen LogP contribution in [-0.2, 0) is 0 Å². The van der Waals surface area contributed by atoms with E-state index in [9.17, 15) is 0 Å².